The van der Waals surface area contributed by atoms with Crippen LogP contribution in [0, 0.1) is 0 Å². The van der Waals surface area contributed by atoms with Gasteiger partial charge in [-0.05, 0) is 24.5 Å². The van der Waals surface area contributed by atoms with Gasteiger partial charge in [-0.3, -0.25) is 4.98 Å². The largest absolute Gasteiger partial charge is 0.302 e. The molecular weight excluding hydrogens is 136 g/mol. The molecule has 0 saturated carbocycles. The van der Waals surface area contributed by atoms with E-state index in [1.165, 1.54) is 24.1 Å². The average molecular weight is 146 g/mol. The van der Waals surface area contributed by atoms with E-state index in [1.54, 1.807) is 0 Å². The Hall–Kier alpha value is -0.890. The first-order valence-corrected chi connectivity index (χ1v) is 4.16. The Morgan fingerprint density at radius 3 is 3.18 bits per heavy atom. The maximum absolute atomic E-state index is 4.38. The summed E-state index contributed by atoms with van der Waals surface area (Å²) in [5.74, 6) is 0. The summed E-state index contributed by atoms with van der Waals surface area (Å²) < 4.78 is 0. The molecule has 3 rings (SSSR count). The van der Waals surface area contributed by atoms with E-state index in [0.29, 0.717) is 12.1 Å². The van der Waals surface area contributed by atoms with Crippen molar-refractivity contribution in [2.24, 2.45) is 0 Å². The van der Waals surface area contributed by atoms with Crippen molar-refractivity contribution in [3.05, 3.63) is 29.6 Å². The number of pyridine rings is 1. The van der Waals surface area contributed by atoms with Gasteiger partial charge < -0.3 is 5.32 Å². The highest BCUT2D eigenvalue weighted by Gasteiger charge is 2.36. The van der Waals surface area contributed by atoms with Gasteiger partial charge in [0.1, 0.15) is 0 Å². The highest BCUT2D eigenvalue weighted by atomic mass is 15.0. The second-order valence-corrected chi connectivity index (χ2v) is 3.33. The fourth-order valence-electron chi connectivity index (χ4n) is 2.22. The van der Waals surface area contributed by atoms with Gasteiger partial charge >= 0.3 is 0 Å². The van der Waals surface area contributed by atoms with Gasteiger partial charge in [0, 0.05) is 12.2 Å². The fraction of sp³-hybridized carbons (Fsp3) is 0.444. The van der Waals surface area contributed by atoms with E-state index in [9.17, 15) is 0 Å². The Morgan fingerprint density at radius 1 is 1.36 bits per heavy atom. The molecule has 1 aromatic rings. The predicted molar refractivity (Wildman–Crippen MR) is 42.1 cm³/mol. The predicted octanol–water partition coefficient (Wildman–Crippen LogP) is 1.56. The molecule has 1 aromatic heterocycles. The molecule has 2 heteroatoms. The van der Waals surface area contributed by atoms with Crippen molar-refractivity contribution in [1.29, 1.82) is 0 Å². The summed E-state index contributed by atoms with van der Waals surface area (Å²) in [6, 6.07) is 5.40. The molecule has 2 atom stereocenters. The Balaban J connectivity index is 2.23. The Kier molecular flexibility index (Phi) is 0.950. The molecule has 0 aromatic carbocycles. The van der Waals surface area contributed by atoms with E-state index in [4.69, 9.17) is 0 Å². The molecular formula is C9H10N2. The second kappa shape index (κ2) is 1.83. The zero-order valence-electron chi connectivity index (χ0n) is 6.25. The molecule has 56 valence electrons. The molecule has 2 aliphatic heterocycles. The number of hydrogen-bond acceptors (Lipinski definition) is 2. The minimum atomic E-state index is 0.566. The third-order valence-corrected chi connectivity index (χ3v) is 2.72. The van der Waals surface area contributed by atoms with E-state index >= 15 is 0 Å². The molecule has 1 fully saturated rings. The van der Waals surface area contributed by atoms with Gasteiger partial charge in [0.2, 0.25) is 0 Å². The molecule has 0 unspecified atom stereocenters. The number of nitrogens with one attached hydrogen (secondary N) is 1. The summed E-state index contributed by atoms with van der Waals surface area (Å²) in [4.78, 5) is 4.38. The maximum Gasteiger partial charge on any atom is 0.0621 e. The highest BCUT2D eigenvalue weighted by Crippen LogP contribution is 2.43. The van der Waals surface area contributed by atoms with E-state index in [0.717, 1.165) is 0 Å². The number of hydrogen-bond donors (Lipinski definition) is 1. The van der Waals surface area contributed by atoms with Crippen molar-refractivity contribution < 1.29 is 0 Å². The second-order valence-electron chi connectivity index (χ2n) is 3.33. The van der Waals surface area contributed by atoms with Gasteiger partial charge in [-0.2, -0.15) is 0 Å². The number of nitrogens with zero attached hydrogens (tertiary/aromatic N) is 1. The molecule has 11 heavy (non-hydrogen) atoms. The number of fused-ring (bicyclic) bond motifs is 5. The van der Waals surface area contributed by atoms with Crippen LogP contribution in [0.1, 0.15) is 36.2 Å². The minimum absolute atomic E-state index is 0.566. The lowest BCUT2D eigenvalue weighted by atomic mass is 9.96. The van der Waals surface area contributed by atoms with Crippen LogP contribution in [-0.2, 0) is 0 Å². The summed E-state index contributed by atoms with van der Waals surface area (Å²) in [6.45, 7) is 0. The van der Waals surface area contributed by atoms with Crippen LogP contribution < -0.4 is 5.32 Å². The van der Waals surface area contributed by atoms with E-state index in [2.05, 4.69) is 16.4 Å². The molecule has 0 radical (unpaired) electrons. The van der Waals surface area contributed by atoms with E-state index in [1.807, 2.05) is 12.3 Å². The zero-order chi connectivity index (χ0) is 7.26. The quantitative estimate of drug-likeness (QED) is 0.600. The van der Waals surface area contributed by atoms with Crippen LogP contribution in [0.5, 0.6) is 0 Å². The van der Waals surface area contributed by atoms with Gasteiger partial charge in [0.15, 0.2) is 0 Å². The maximum atomic E-state index is 4.38. The van der Waals surface area contributed by atoms with Gasteiger partial charge in [0.25, 0.3) is 0 Å². The lowest BCUT2D eigenvalue weighted by Gasteiger charge is -2.09. The minimum Gasteiger partial charge on any atom is -0.302 e. The topological polar surface area (TPSA) is 24.9 Å². The standard InChI is InChI=1S/C9H10N2/c1-2-6-7-3-4-8(11-7)9(6)10-5-1/h1-2,5,7-8,11H,3-4H2/t7-,8+/m1/s1. The smallest absolute Gasteiger partial charge is 0.0621 e. The third-order valence-electron chi connectivity index (χ3n) is 2.72. The number of rotatable bonds is 0. The van der Waals surface area contributed by atoms with E-state index in [-0.39, 0.29) is 0 Å². The Bertz CT molecular complexity index is 266. The third kappa shape index (κ3) is 0.627. The lowest BCUT2D eigenvalue weighted by Crippen LogP contribution is -2.06. The van der Waals surface area contributed by atoms with Crippen LogP contribution in [0.15, 0.2) is 18.3 Å². The first-order chi connectivity index (χ1) is 5.45. The Labute approximate surface area is 65.6 Å². The summed E-state index contributed by atoms with van der Waals surface area (Å²) in [7, 11) is 0. The summed E-state index contributed by atoms with van der Waals surface area (Å²) in [5.41, 5.74) is 2.73. The molecule has 0 aliphatic carbocycles. The van der Waals surface area contributed by atoms with Crippen molar-refractivity contribution in [2.75, 3.05) is 0 Å². The molecule has 2 bridgehead atoms. The molecule has 2 aliphatic rings. The van der Waals surface area contributed by atoms with Crippen LogP contribution >= 0.6 is 0 Å². The van der Waals surface area contributed by atoms with Gasteiger partial charge in [-0.1, -0.05) is 6.07 Å². The zero-order valence-corrected chi connectivity index (χ0v) is 6.25. The van der Waals surface area contributed by atoms with Crippen molar-refractivity contribution in [2.45, 2.75) is 24.9 Å². The fourth-order valence-corrected chi connectivity index (χ4v) is 2.22. The molecule has 0 amide bonds. The number of aromatic nitrogens is 1. The molecule has 2 nitrogen and oxygen atoms in total. The van der Waals surface area contributed by atoms with Gasteiger partial charge in [-0.15, -0.1) is 0 Å². The van der Waals surface area contributed by atoms with Gasteiger partial charge in [0.05, 0.1) is 11.7 Å². The average Bonchev–Trinajstić information content (AvgIpc) is 2.64. The van der Waals surface area contributed by atoms with Gasteiger partial charge in [-0.25, -0.2) is 0 Å². The van der Waals surface area contributed by atoms with Crippen LogP contribution in [0.3, 0.4) is 0 Å². The van der Waals surface area contributed by atoms with E-state index < -0.39 is 0 Å². The SMILES string of the molecule is c1cnc2c(c1)[C@H]1CC[C@@H]2N1. The van der Waals surface area contributed by atoms with Crippen molar-refractivity contribution >= 4 is 0 Å². The van der Waals surface area contributed by atoms with Crippen LogP contribution in [0.2, 0.25) is 0 Å². The lowest BCUT2D eigenvalue weighted by molar-refractivity contribution is 0.632. The van der Waals surface area contributed by atoms with Crippen molar-refractivity contribution in [3.63, 3.8) is 0 Å². The van der Waals surface area contributed by atoms with Crippen LogP contribution in [0.4, 0.5) is 0 Å². The van der Waals surface area contributed by atoms with Crippen molar-refractivity contribution in [3.8, 4) is 0 Å². The van der Waals surface area contributed by atoms with Crippen molar-refractivity contribution in [1.82, 2.24) is 10.3 Å². The summed E-state index contributed by atoms with van der Waals surface area (Å²) in [5, 5.41) is 3.53. The monoisotopic (exact) mass is 146 g/mol. The first kappa shape index (κ1) is 5.72. The molecule has 1 saturated heterocycles. The van der Waals surface area contributed by atoms with Crippen LogP contribution in [-0.4, -0.2) is 4.98 Å². The molecule has 3 heterocycles. The Morgan fingerprint density at radius 2 is 2.27 bits per heavy atom. The van der Waals surface area contributed by atoms with Crippen LogP contribution in [0.25, 0.3) is 0 Å². The molecule has 0 spiro atoms. The molecule has 1 N–H and O–H groups in total. The summed E-state index contributed by atoms with van der Waals surface area (Å²) in [6.07, 6.45) is 4.46. The highest BCUT2D eigenvalue weighted by molar-refractivity contribution is 5.34. The first-order valence-electron chi connectivity index (χ1n) is 4.16. The normalized spacial score (nSPS) is 32.4. The summed E-state index contributed by atoms with van der Waals surface area (Å²) >= 11 is 0.